The van der Waals surface area contributed by atoms with Crippen LogP contribution in [0.1, 0.15) is 37.4 Å². The summed E-state index contributed by atoms with van der Waals surface area (Å²) >= 11 is 0. The molecule has 1 aliphatic heterocycles. The molecule has 0 N–H and O–H groups in total. The average molecular weight is 445 g/mol. The van der Waals surface area contributed by atoms with Gasteiger partial charge >= 0.3 is 5.97 Å². The molecule has 34 heavy (non-hydrogen) atoms. The lowest BCUT2D eigenvalue weighted by Crippen LogP contribution is -2.31. The number of hydrogen-bond donors (Lipinski definition) is 0. The van der Waals surface area contributed by atoms with Crippen LogP contribution in [0.25, 0.3) is 21.5 Å². The van der Waals surface area contributed by atoms with Crippen LogP contribution < -0.4 is 0 Å². The van der Waals surface area contributed by atoms with Crippen LogP contribution in [0.15, 0.2) is 66.7 Å². The van der Waals surface area contributed by atoms with Crippen molar-refractivity contribution in [3.05, 3.63) is 94.5 Å². The molecule has 1 saturated heterocycles. The molecule has 7 nitrogen and oxygen atoms in total. The Morgan fingerprint density at radius 2 is 1.53 bits per heavy atom. The third-order valence-corrected chi connectivity index (χ3v) is 5.83. The second kappa shape index (κ2) is 8.16. The largest absolute Gasteiger partial charge is 0.443 e. The standard InChI is InChI=1S/C27H15N3O4/c28-12-16-9-17-5-1-3-7-20(17)22(10-16)26(32)24-19(13-29)11-18-6-2-4-8-21(18)25(24)27(33)30-14-23(31)34-15-30/h1-11H,14-15H2. The first-order valence-corrected chi connectivity index (χ1v) is 10.4. The van der Waals surface area contributed by atoms with E-state index < -0.39 is 17.7 Å². The Hall–Kier alpha value is -5.01. The van der Waals surface area contributed by atoms with Crippen molar-refractivity contribution in [3.8, 4) is 12.1 Å². The zero-order chi connectivity index (χ0) is 23.8. The van der Waals surface area contributed by atoms with E-state index in [2.05, 4.69) is 12.1 Å². The van der Waals surface area contributed by atoms with Crippen molar-refractivity contribution in [2.45, 2.75) is 0 Å². The molecule has 0 radical (unpaired) electrons. The first-order chi connectivity index (χ1) is 16.5. The summed E-state index contributed by atoms with van der Waals surface area (Å²) in [6.07, 6.45) is 0. The minimum Gasteiger partial charge on any atom is -0.443 e. The number of nitriles is 2. The van der Waals surface area contributed by atoms with Gasteiger partial charge in [-0.25, -0.2) is 0 Å². The lowest BCUT2D eigenvalue weighted by Gasteiger charge is -2.18. The van der Waals surface area contributed by atoms with E-state index in [1.165, 1.54) is 11.0 Å². The first kappa shape index (κ1) is 20.9. The molecule has 162 valence electrons. The molecule has 0 unspecified atom stereocenters. The van der Waals surface area contributed by atoms with Gasteiger partial charge in [0.05, 0.1) is 34.4 Å². The van der Waals surface area contributed by atoms with E-state index in [4.69, 9.17) is 4.74 Å². The molecular weight excluding hydrogens is 430 g/mol. The highest BCUT2D eigenvalue weighted by atomic mass is 16.6. The molecule has 4 aromatic carbocycles. The van der Waals surface area contributed by atoms with Gasteiger partial charge in [0.1, 0.15) is 6.54 Å². The first-order valence-electron chi connectivity index (χ1n) is 10.4. The highest BCUT2D eigenvalue weighted by molar-refractivity contribution is 6.25. The number of ketones is 1. The molecule has 1 fully saturated rings. The van der Waals surface area contributed by atoms with Gasteiger partial charge in [0, 0.05) is 5.56 Å². The molecule has 0 bridgehead atoms. The summed E-state index contributed by atoms with van der Waals surface area (Å²) in [6.45, 7) is -0.478. The maximum Gasteiger partial charge on any atom is 0.327 e. The summed E-state index contributed by atoms with van der Waals surface area (Å²) in [7, 11) is 0. The summed E-state index contributed by atoms with van der Waals surface area (Å²) in [4.78, 5) is 40.5. The van der Waals surface area contributed by atoms with Crippen LogP contribution in [0.5, 0.6) is 0 Å². The van der Waals surface area contributed by atoms with E-state index in [9.17, 15) is 24.9 Å². The molecule has 7 heteroatoms. The number of carbonyl (C=O) groups excluding carboxylic acids is 3. The van der Waals surface area contributed by atoms with E-state index in [0.717, 1.165) is 0 Å². The minimum atomic E-state index is -0.580. The summed E-state index contributed by atoms with van der Waals surface area (Å²) in [5.74, 6) is -1.68. The Labute approximate surface area is 194 Å². The predicted molar refractivity (Wildman–Crippen MR) is 123 cm³/mol. The Morgan fingerprint density at radius 1 is 0.853 bits per heavy atom. The van der Waals surface area contributed by atoms with Crippen molar-refractivity contribution >= 4 is 39.2 Å². The van der Waals surface area contributed by atoms with Crippen LogP contribution in [0.3, 0.4) is 0 Å². The number of cyclic esters (lactones) is 1. The van der Waals surface area contributed by atoms with E-state index >= 15 is 0 Å². The van der Waals surface area contributed by atoms with Gasteiger partial charge in [0.2, 0.25) is 0 Å². The van der Waals surface area contributed by atoms with Gasteiger partial charge in [-0.1, -0.05) is 48.5 Å². The molecule has 0 saturated carbocycles. The third kappa shape index (κ3) is 3.33. The number of ether oxygens (including phenoxy) is 1. The Bertz CT molecular complexity index is 1630. The molecule has 1 heterocycles. The number of benzene rings is 4. The zero-order valence-corrected chi connectivity index (χ0v) is 17.7. The maximum atomic E-state index is 14.0. The van der Waals surface area contributed by atoms with Crippen LogP contribution in [-0.2, 0) is 9.53 Å². The minimum absolute atomic E-state index is 0.0318. The SMILES string of the molecule is N#Cc1cc(C(=O)c2c(C#N)cc3ccccc3c2C(=O)N2COC(=O)C2)c2ccccc2c1. The van der Waals surface area contributed by atoms with Gasteiger partial charge in [-0.15, -0.1) is 0 Å². The number of nitrogens with zero attached hydrogens (tertiary/aromatic N) is 3. The zero-order valence-electron chi connectivity index (χ0n) is 17.7. The van der Waals surface area contributed by atoms with Crippen LogP contribution in [0, 0.1) is 22.7 Å². The fraction of sp³-hybridized carbons (Fsp3) is 0.0741. The number of amides is 1. The normalized spacial score (nSPS) is 12.9. The summed E-state index contributed by atoms with van der Waals surface area (Å²) in [5.41, 5.74) is 0.497. The van der Waals surface area contributed by atoms with Crippen molar-refractivity contribution < 1.29 is 19.1 Å². The summed E-state index contributed by atoms with van der Waals surface area (Å²) < 4.78 is 4.93. The van der Waals surface area contributed by atoms with Crippen molar-refractivity contribution in [1.82, 2.24) is 4.90 Å². The molecule has 1 aliphatic rings. The molecule has 5 rings (SSSR count). The van der Waals surface area contributed by atoms with Gasteiger partial charge < -0.3 is 4.74 Å². The fourth-order valence-electron chi connectivity index (χ4n) is 4.28. The molecule has 0 spiro atoms. The van der Waals surface area contributed by atoms with Crippen molar-refractivity contribution in [3.63, 3.8) is 0 Å². The Balaban J connectivity index is 1.82. The molecular formula is C27H15N3O4. The lowest BCUT2D eigenvalue weighted by atomic mass is 9.87. The van der Waals surface area contributed by atoms with Gasteiger partial charge in [-0.3, -0.25) is 19.3 Å². The quantitative estimate of drug-likeness (QED) is 0.349. The van der Waals surface area contributed by atoms with Crippen LogP contribution in [-0.4, -0.2) is 35.8 Å². The van der Waals surface area contributed by atoms with Gasteiger partial charge in [-0.2, -0.15) is 10.5 Å². The van der Waals surface area contributed by atoms with Crippen LogP contribution >= 0.6 is 0 Å². The smallest absolute Gasteiger partial charge is 0.327 e. The average Bonchev–Trinajstić information content (AvgIpc) is 3.32. The Morgan fingerprint density at radius 3 is 2.18 bits per heavy atom. The Kier molecular flexibility index (Phi) is 5.01. The number of fused-ring (bicyclic) bond motifs is 2. The van der Waals surface area contributed by atoms with Crippen molar-refractivity contribution in [1.29, 1.82) is 10.5 Å². The van der Waals surface area contributed by atoms with Gasteiger partial charge in [0.25, 0.3) is 5.91 Å². The second-order valence-corrected chi connectivity index (χ2v) is 7.84. The number of esters is 1. The number of hydrogen-bond acceptors (Lipinski definition) is 6. The van der Waals surface area contributed by atoms with Crippen molar-refractivity contribution in [2.24, 2.45) is 0 Å². The van der Waals surface area contributed by atoms with Gasteiger partial charge in [-0.05, 0) is 39.7 Å². The molecule has 1 amide bonds. The molecule has 0 atom stereocenters. The number of carbonyl (C=O) groups is 3. The summed E-state index contributed by atoms with van der Waals surface area (Å²) in [5, 5.41) is 21.8. The molecule has 0 aliphatic carbocycles. The van der Waals surface area contributed by atoms with E-state index in [-0.39, 0.29) is 41.1 Å². The fourth-order valence-corrected chi connectivity index (χ4v) is 4.28. The molecule has 0 aromatic heterocycles. The van der Waals surface area contributed by atoms with Crippen LogP contribution in [0.4, 0.5) is 0 Å². The van der Waals surface area contributed by atoms with Crippen molar-refractivity contribution in [2.75, 3.05) is 13.3 Å². The van der Waals surface area contributed by atoms with E-state index in [1.54, 1.807) is 60.7 Å². The number of rotatable bonds is 3. The lowest BCUT2D eigenvalue weighted by molar-refractivity contribution is -0.136. The maximum absolute atomic E-state index is 14.0. The monoisotopic (exact) mass is 445 g/mol. The molecule has 4 aromatic rings. The van der Waals surface area contributed by atoms with E-state index in [1.807, 2.05) is 0 Å². The topological polar surface area (TPSA) is 111 Å². The summed E-state index contributed by atoms with van der Waals surface area (Å²) in [6, 6.07) is 22.9. The van der Waals surface area contributed by atoms with Gasteiger partial charge in [0.15, 0.2) is 12.5 Å². The highest BCUT2D eigenvalue weighted by Gasteiger charge is 2.32. The second-order valence-electron chi connectivity index (χ2n) is 7.84. The van der Waals surface area contributed by atoms with Crippen LogP contribution in [0.2, 0.25) is 0 Å². The predicted octanol–water partition coefficient (Wildman–Crippen LogP) is 3.92. The highest BCUT2D eigenvalue weighted by Crippen LogP contribution is 2.32. The third-order valence-electron chi connectivity index (χ3n) is 5.83. The van der Waals surface area contributed by atoms with E-state index in [0.29, 0.717) is 21.5 Å².